The van der Waals surface area contributed by atoms with Crippen LogP contribution < -0.4 is 10.6 Å². The van der Waals surface area contributed by atoms with Crippen LogP contribution >= 0.6 is 0 Å². The van der Waals surface area contributed by atoms with Gasteiger partial charge in [0, 0.05) is 18.0 Å². The molecule has 0 fully saturated rings. The summed E-state index contributed by atoms with van der Waals surface area (Å²) < 4.78 is 1.90. The summed E-state index contributed by atoms with van der Waals surface area (Å²) in [6, 6.07) is 14.2. The maximum absolute atomic E-state index is 13.2. The number of fused-ring (bicyclic) bond motifs is 1. The van der Waals surface area contributed by atoms with Crippen molar-refractivity contribution in [3.8, 4) is 0 Å². The Kier molecular flexibility index (Phi) is 5.38. The first-order valence-electron chi connectivity index (χ1n) is 9.58. The number of carbonyl (C=O) groups is 2. The second kappa shape index (κ2) is 7.62. The number of carboxylic acids is 1. The second-order valence-electron chi connectivity index (χ2n) is 8.30. The molecule has 6 nitrogen and oxygen atoms in total. The van der Waals surface area contributed by atoms with Crippen LogP contribution in [-0.4, -0.2) is 27.1 Å². The number of para-hydroxylation sites is 1. The van der Waals surface area contributed by atoms with E-state index in [1.165, 1.54) is 0 Å². The van der Waals surface area contributed by atoms with Crippen LogP contribution in [-0.2, 0) is 7.05 Å². The number of amides is 1. The molecule has 0 saturated heterocycles. The summed E-state index contributed by atoms with van der Waals surface area (Å²) in [6.45, 7) is 8.06. The predicted octanol–water partition coefficient (Wildman–Crippen LogP) is 4.58. The second-order valence-corrected chi connectivity index (χ2v) is 8.30. The van der Waals surface area contributed by atoms with Gasteiger partial charge in [-0.25, -0.2) is 4.79 Å². The molecule has 0 radical (unpaired) electrons. The minimum atomic E-state index is -0.971. The molecule has 1 amide bonds. The van der Waals surface area contributed by atoms with E-state index in [0.29, 0.717) is 5.69 Å². The molecule has 0 aliphatic rings. The third-order valence-electron chi connectivity index (χ3n) is 4.83. The van der Waals surface area contributed by atoms with Crippen LogP contribution in [0.25, 0.3) is 10.9 Å². The summed E-state index contributed by atoms with van der Waals surface area (Å²) in [6.07, 6.45) is 0. The summed E-state index contributed by atoms with van der Waals surface area (Å²) in [5.41, 5.74) is 3.20. The summed E-state index contributed by atoms with van der Waals surface area (Å²) in [5.74, 6) is -1.16. The van der Waals surface area contributed by atoms with E-state index in [4.69, 9.17) is 5.11 Å². The molecule has 1 heterocycles. The molecule has 0 aliphatic carbocycles. The highest BCUT2D eigenvalue weighted by Gasteiger charge is 2.25. The van der Waals surface area contributed by atoms with Gasteiger partial charge >= 0.3 is 5.97 Å². The lowest BCUT2D eigenvalue weighted by molar-refractivity contribution is 0.0696. The van der Waals surface area contributed by atoms with E-state index in [0.717, 1.165) is 22.2 Å². The molecule has 0 aliphatic heterocycles. The average molecular weight is 393 g/mol. The Labute approximate surface area is 170 Å². The van der Waals surface area contributed by atoms with Gasteiger partial charge in [-0.15, -0.1) is 0 Å². The fraction of sp³-hybridized carbons (Fsp3) is 0.304. The van der Waals surface area contributed by atoms with Crippen LogP contribution in [0.1, 0.15) is 60.1 Å². The Morgan fingerprint density at radius 3 is 2.24 bits per heavy atom. The van der Waals surface area contributed by atoms with Crippen LogP contribution in [0.15, 0.2) is 48.5 Å². The molecule has 1 unspecified atom stereocenters. The van der Waals surface area contributed by atoms with Gasteiger partial charge in [-0.3, -0.25) is 4.79 Å². The average Bonchev–Trinajstić information content (AvgIpc) is 2.92. The number of hydrogen-bond acceptors (Lipinski definition) is 3. The first kappa shape index (κ1) is 20.5. The lowest BCUT2D eigenvalue weighted by Gasteiger charge is -2.23. The van der Waals surface area contributed by atoms with Gasteiger partial charge in [0.05, 0.1) is 22.8 Å². The van der Waals surface area contributed by atoms with Gasteiger partial charge in [0.1, 0.15) is 5.69 Å². The van der Waals surface area contributed by atoms with Crippen LogP contribution in [0.3, 0.4) is 0 Å². The first-order chi connectivity index (χ1) is 13.6. The monoisotopic (exact) mass is 393 g/mol. The van der Waals surface area contributed by atoms with E-state index in [2.05, 4.69) is 31.4 Å². The van der Waals surface area contributed by atoms with Crippen LogP contribution in [0.2, 0.25) is 0 Å². The molecule has 0 spiro atoms. The van der Waals surface area contributed by atoms with Crippen LogP contribution in [0, 0.1) is 0 Å². The summed E-state index contributed by atoms with van der Waals surface area (Å²) >= 11 is 0. The van der Waals surface area contributed by atoms with Gasteiger partial charge in [-0.1, -0.05) is 30.3 Å². The minimum absolute atomic E-state index is 0.190. The highest BCUT2D eigenvalue weighted by atomic mass is 16.4. The number of aromatic carboxylic acids is 1. The zero-order chi connectivity index (χ0) is 21.3. The molecular formula is C23H27N3O3. The van der Waals surface area contributed by atoms with Gasteiger partial charge in [-0.05, 0) is 51.5 Å². The van der Waals surface area contributed by atoms with Gasteiger partial charge in [0.25, 0.3) is 5.91 Å². The Bertz CT molecular complexity index is 1060. The van der Waals surface area contributed by atoms with Crippen molar-refractivity contribution < 1.29 is 14.7 Å². The molecule has 3 aromatic rings. The smallest absolute Gasteiger partial charge is 0.335 e. The number of rotatable bonds is 5. The van der Waals surface area contributed by atoms with E-state index in [-0.39, 0.29) is 23.1 Å². The van der Waals surface area contributed by atoms with Crippen molar-refractivity contribution in [2.45, 2.75) is 39.3 Å². The number of nitrogens with zero attached hydrogens (tertiary/aromatic N) is 1. The van der Waals surface area contributed by atoms with Crippen molar-refractivity contribution in [2.75, 3.05) is 5.32 Å². The molecular weight excluding hydrogens is 366 g/mol. The maximum atomic E-state index is 13.2. The van der Waals surface area contributed by atoms with Gasteiger partial charge in [-0.2, -0.15) is 0 Å². The maximum Gasteiger partial charge on any atom is 0.335 e. The van der Waals surface area contributed by atoms with Crippen molar-refractivity contribution in [3.63, 3.8) is 0 Å². The lowest BCUT2D eigenvalue weighted by Crippen LogP contribution is -2.31. The number of aromatic nitrogens is 1. The van der Waals surface area contributed by atoms with Crippen LogP contribution in [0.4, 0.5) is 5.69 Å². The van der Waals surface area contributed by atoms with Crippen molar-refractivity contribution in [2.24, 2.45) is 7.05 Å². The molecule has 29 heavy (non-hydrogen) atoms. The Hall–Kier alpha value is -3.28. The quantitative estimate of drug-likeness (QED) is 0.593. The molecule has 2 aromatic carbocycles. The van der Waals surface area contributed by atoms with Crippen LogP contribution in [0.5, 0.6) is 0 Å². The third kappa shape index (κ3) is 4.26. The predicted molar refractivity (Wildman–Crippen MR) is 116 cm³/mol. The van der Waals surface area contributed by atoms with Crippen molar-refractivity contribution >= 4 is 28.5 Å². The number of nitrogens with one attached hydrogen (secondary N) is 2. The number of aryl methyl sites for hydroxylation is 1. The van der Waals surface area contributed by atoms with E-state index in [9.17, 15) is 9.59 Å². The molecule has 0 saturated carbocycles. The molecule has 1 aromatic heterocycles. The largest absolute Gasteiger partial charge is 0.478 e. The summed E-state index contributed by atoms with van der Waals surface area (Å²) in [7, 11) is 1.89. The highest BCUT2D eigenvalue weighted by molar-refractivity contribution is 6.09. The molecule has 152 valence electrons. The number of benzene rings is 2. The van der Waals surface area contributed by atoms with E-state index in [1.54, 1.807) is 24.3 Å². The number of carbonyl (C=O) groups excluding carboxylic acids is 1. The minimum Gasteiger partial charge on any atom is -0.478 e. The SMILES string of the molecule is CC(NC(=O)c1c(NC(C)(C)C)c2ccccc2n1C)c1ccc(C(=O)O)cc1. The van der Waals surface area contributed by atoms with E-state index >= 15 is 0 Å². The van der Waals surface area contributed by atoms with Gasteiger partial charge in [0.15, 0.2) is 0 Å². The fourth-order valence-electron chi connectivity index (χ4n) is 3.42. The molecule has 3 N–H and O–H groups in total. The summed E-state index contributed by atoms with van der Waals surface area (Å²) in [5, 5.41) is 16.6. The molecule has 6 heteroatoms. The van der Waals surface area contributed by atoms with Crippen molar-refractivity contribution in [1.82, 2.24) is 9.88 Å². The van der Waals surface area contributed by atoms with Gasteiger partial charge < -0.3 is 20.3 Å². The highest BCUT2D eigenvalue weighted by Crippen LogP contribution is 2.32. The Morgan fingerprint density at radius 2 is 1.66 bits per heavy atom. The summed E-state index contributed by atoms with van der Waals surface area (Å²) in [4.78, 5) is 24.3. The third-order valence-corrected chi connectivity index (χ3v) is 4.83. The normalized spacial score (nSPS) is 12.6. The zero-order valence-corrected chi connectivity index (χ0v) is 17.4. The van der Waals surface area contributed by atoms with E-state index in [1.807, 2.05) is 42.8 Å². The Morgan fingerprint density at radius 1 is 1.03 bits per heavy atom. The fourth-order valence-corrected chi connectivity index (χ4v) is 3.42. The van der Waals surface area contributed by atoms with Crippen molar-refractivity contribution in [1.29, 1.82) is 0 Å². The zero-order valence-electron chi connectivity index (χ0n) is 17.4. The van der Waals surface area contributed by atoms with Gasteiger partial charge in [0.2, 0.25) is 0 Å². The Balaban J connectivity index is 1.95. The standard InChI is InChI=1S/C23H27N3O3/c1-14(15-10-12-16(13-11-15)22(28)29)24-21(27)20-19(25-23(2,3)4)17-8-6-7-9-18(17)26(20)5/h6-14,25H,1-5H3,(H,24,27)(H,28,29). The van der Waals surface area contributed by atoms with Crippen molar-refractivity contribution in [3.05, 3.63) is 65.4 Å². The van der Waals surface area contributed by atoms with E-state index < -0.39 is 5.97 Å². The number of hydrogen-bond donors (Lipinski definition) is 3. The topological polar surface area (TPSA) is 83.4 Å². The lowest BCUT2D eigenvalue weighted by atomic mass is 10.1. The molecule has 1 atom stereocenters. The first-order valence-corrected chi connectivity index (χ1v) is 9.58. The number of carboxylic acid groups (broad SMARTS) is 1. The molecule has 0 bridgehead atoms. The molecule has 3 rings (SSSR count). The number of anilines is 1.